The number of nitrogens with one attached hydrogen (secondary N) is 2. The number of nitrogens with zero attached hydrogens (tertiary/aromatic N) is 2. The highest BCUT2D eigenvalue weighted by molar-refractivity contribution is 7.89. The van der Waals surface area contributed by atoms with Crippen LogP contribution in [0.1, 0.15) is 28.9 Å². The number of ether oxygens (including phenoxy) is 1. The number of carbonyl (C=O) groups excluding carboxylic acids is 1. The van der Waals surface area contributed by atoms with Crippen molar-refractivity contribution in [2.75, 3.05) is 49.6 Å². The molecule has 2 aliphatic heterocycles. The molecular formula is C20H23F3N4O4S. The van der Waals surface area contributed by atoms with Crippen molar-refractivity contribution in [1.29, 1.82) is 0 Å². The number of amides is 1. The van der Waals surface area contributed by atoms with Gasteiger partial charge in [0.2, 0.25) is 10.0 Å². The predicted octanol–water partition coefficient (Wildman–Crippen LogP) is 2.91. The van der Waals surface area contributed by atoms with Crippen LogP contribution < -0.4 is 10.2 Å². The second-order valence-electron chi connectivity index (χ2n) is 7.64. The average Bonchev–Trinajstić information content (AvgIpc) is 3.46. The second-order valence-corrected chi connectivity index (χ2v) is 9.58. The fourth-order valence-electron chi connectivity index (χ4n) is 3.83. The number of morpholine rings is 1. The van der Waals surface area contributed by atoms with E-state index >= 15 is 0 Å². The van der Waals surface area contributed by atoms with E-state index in [4.69, 9.17) is 4.74 Å². The van der Waals surface area contributed by atoms with Gasteiger partial charge < -0.3 is 19.9 Å². The highest BCUT2D eigenvalue weighted by atomic mass is 32.2. The molecule has 3 heterocycles. The maximum absolute atomic E-state index is 13.2. The molecule has 0 atom stereocenters. The summed E-state index contributed by atoms with van der Waals surface area (Å²) >= 11 is 0. The van der Waals surface area contributed by atoms with Crippen LogP contribution in [0.4, 0.5) is 24.5 Å². The molecule has 2 N–H and O–H groups in total. The summed E-state index contributed by atoms with van der Waals surface area (Å²) in [4.78, 5) is 17.2. The van der Waals surface area contributed by atoms with Gasteiger partial charge in [-0.3, -0.25) is 4.79 Å². The molecule has 12 heteroatoms. The summed E-state index contributed by atoms with van der Waals surface area (Å²) in [6.45, 7) is 2.34. The number of anilines is 2. The number of aromatic amines is 1. The molecule has 174 valence electrons. The molecule has 2 aliphatic rings. The lowest BCUT2D eigenvalue weighted by atomic mass is 10.1. The van der Waals surface area contributed by atoms with Gasteiger partial charge in [-0.15, -0.1) is 0 Å². The number of hydrogen-bond acceptors (Lipinski definition) is 5. The molecule has 0 radical (unpaired) electrons. The fraction of sp³-hybridized carbons (Fsp3) is 0.450. The Labute approximate surface area is 183 Å². The van der Waals surface area contributed by atoms with Crippen LogP contribution in [0.3, 0.4) is 0 Å². The van der Waals surface area contributed by atoms with Crippen molar-refractivity contribution in [1.82, 2.24) is 9.29 Å². The number of benzene rings is 1. The lowest BCUT2D eigenvalue weighted by Gasteiger charge is -2.25. The van der Waals surface area contributed by atoms with Crippen LogP contribution in [0.5, 0.6) is 0 Å². The lowest BCUT2D eigenvalue weighted by molar-refractivity contribution is -0.137. The first-order chi connectivity index (χ1) is 15.2. The molecular weight excluding hydrogens is 449 g/mol. The van der Waals surface area contributed by atoms with Crippen LogP contribution in [-0.4, -0.2) is 63.0 Å². The van der Waals surface area contributed by atoms with Crippen LogP contribution in [0.15, 0.2) is 35.4 Å². The van der Waals surface area contributed by atoms with Crippen LogP contribution >= 0.6 is 0 Å². The summed E-state index contributed by atoms with van der Waals surface area (Å²) in [5, 5.41) is 2.52. The Bertz CT molecular complexity index is 1090. The topological polar surface area (TPSA) is 94.7 Å². The van der Waals surface area contributed by atoms with Crippen molar-refractivity contribution >= 4 is 27.3 Å². The quantitative estimate of drug-likeness (QED) is 0.698. The monoisotopic (exact) mass is 472 g/mol. The molecule has 0 unspecified atom stereocenters. The van der Waals surface area contributed by atoms with Gasteiger partial charge in [-0.05, 0) is 37.1 Å². The third-order valence-electron chi connectivity index (χ3n) is 5.53. The fourth-order valence-corrected chi connectivity index (χ4v) is 5.23. The predicted molar refractivity (Wildman–Crippen MR) is 111 cm³/mol. The zero-order valence-corrected chi connectivity index (χ0v) is 17.9. The molecule has 8 nitrogen and oxygen atoms in total. The average molecular weight is 472 g/mol. The Morgan fingerprint density at radius 3 is 2.41 bits per heavy atom. The number of rotatable bonds is 5. The first-order valence-electron chi connectivity index (χ1n) is 10.2. The number of hydrogen-bond donors (Lipinski definition) is 2. The number of alkyl halides is 3. The molecule has 2 saturated heterocycles. The molecule has 0 aliphatic carbocycles. The summed E-state index contributed by atoms with van der Waals surface area (Å²) in [6.07, 6.45) is -1.54. The van der Waals surface area contributed by atoms with Crippen molar-refractivity contribution in [3.05, 3.63) is 41.7 Å². The zero-order chi connectivity index (χ0) is 22.9. The van der Waals surface area contributed by atoms with E-state index in [0.29, 0.717) is 18.8 Å². The minimum Gasteiger partial charge on any atom is -0.379 e. The Balaban J connectivity index is 1.58. The molecule has 1 aromatic heterocycles. The van der Waals surface area contributed by atoms with E-state index in [1.165, 1.54) is 22.6 Å². The molecule has 1 amide bonds. The zero-order valence-electron chi connectivity index (χ0n) is 17.1. The molecule has 32 heavy (non-hydrogen) atoms. The van der Waals surface area contributed by atoms with E-state index in [-0.39, 0.29) is 42.6 Å². The molecule has 2 aromatic rings. The summed E-state index contributed by atoms with van der Waals surface area (Å²) in [5.74, 6) is -0.729. The summed E-state index contributed by atoms with van der Waals surface area (Å²) in [7, 11) is -3.81. The number of halogens is 3. The van der Waals surface area contributed by atoms with Gasteiger partial charge in [-0.25, -0.2) is 8.42 Å². The van der Waals surface area contributed by atoms with Crippen molar-refractivity contribution in [3.63, 3.8) is 0 Å². The standard InChI is InChI=1S/C20H23F3N4O4S/c21-20(22,23)14-3-4-18(26-5-1-2-6-26)16(11-14)25-19(28)17-12-15(13-24-17)32(29,30)27-7-9-31-10-8-27/h3-4,11-13,24H,1-2,5-10H2,(H,25,28). The Morgan fingerprint density at radius 1 is 1.06 bits per heavy atom. The van der Waals surface area contributed by atoms with Gasteiger partial charge >= 0.3 is 6.18 Å². The van der Waals surface area contributed by atoms with Crippen LogP contribution in [0.25, 0.3) is 0 Å². The summed E-state index contributed by atoms with van der Waals surface area (Å²) in [5.41, 5.74) is -0.421. The number of sulfonamides is 1. The highest BCUT2D eigenvalue weighted by Gasteiger charge is 2.32. The van der Waals surface area contributed by atoms with Gasteiger partial charge in [-0.1, -0.05) is 0 Å². The molecule has 0 saturated carbocycles. The van der Waals surface area contributed by atoms with Crippen molar-refractivity contribution in [2.45, 2.75) is 23.9 Å². The molecule has 0 bridgehead atoms. The van der Waals surface area contributed by atoms with E-state index in [1.807, 2.05) is 4.90 Å². The number of carbonyl (C=O) groups is 1. The van der Waals surface area contributed by atoms with Crippen molar-refractivity contribution in [2.24, 2.45) is 0 Å². The van der Waals surface area contributed by atoms with Crippen LogP contribution in [0, 0.1) is 0 Å². The van der Waals surface area contributed by atoms with E-state index in [2.05, 4.69) is 10.3 Å². The maximum atomic E-state index is 13.2. The Morgan fingerprint density at radius 2 is 1.75 bits per heavy atom. The normalized spacial score (nSPS) is 18.2. The molecule has 4 rings (SSSR count). The number of aromatic nitrogens is 1. The molecule has 0 spiro atoms. The third kappa shape index (κ3) is 4.62. The van der Waals surface area contributed by atoms with E-state index in [1.54, 1.807) is 0 Å². The second kappa shape index (κ2) is 8.75. The molecule has 1 aromatic carbocycles. The first kappa shape index (κ1) is 22.6. The van der Waals surface area contributed by atoms with Crippen molar-refractivity contribution < 1.29 is 31.1 Å². The molecule has 2 fully saturated rings. The minimum atomic E-state index is -4.56. The first-order valence-corrected chi connectivity index (χ1v) is 11.6. The van der Waals surface area contributed by atoms with Crippen LogP contribution in [0.2, 0.25) is 0 Å². The number of H-pyrrole nitrogens is 1. The van der Waals surface area contributed by atoms with E-state index < -0.39 is 27.7 Å². The van der Waals surface area contributed by atoms with Gasteiger partial charge in [0.1, 0.15) is 10.6 Å². The summed E-state index contributed by atoms with van der Waals surface area (Å²) in [6, 6.07) is 4.43. The maximum Gasteiger partial charge on any atom is 0.416 e. The smallest absolute Gasteiger partial charge is 0.379 e. The largest absolute Gasteiger partial charge is 0.416 e. The SMILES string of the molecule is O=C(Nc1cc(C(F)(F)F)ccc1N1CCCC1)c1cc(S(=O)(=O)N2CCOCC2)c[nH]1. The minimum absolute atomic E-state index is 0.0268. The Kier molecular flexibility index (Phi) is 6.19. The van der Waals surface area contributed by atoms with Crippen LogP contribution in [-0.2, 0) is 20.9 Å². The third-order valence-corrected chi connectivity index (χ3v) is 7.40. The van der Waals surface area contributed by atoms with Gasteiger partial charge in [0.25, 0.3) is 5.91 Å². The van der Waals surface area contributed by atoms with Gasteiger partial charge in [0.05, 0.1) is 30.2 Å². The van der Waals surface area contributed by atoms with E-state index in [0.717, 1.165) is 25.0 Å². The van der Waals surface area contributed by atoms with Gasteiger partial charge in [0, 0.05) is 32.4 Å². The van der Waals surface area contributed by atoms with Gasteiger partial charge in [0.15, 0.2) is 0 Å². The lowest BCUT2D eigenvalue weighted by Crippen LogP contribution is -2.40. The van der Waals surface area contributed by atoms with E-state index in [9.17, 15) is 26.4 Å². The van der Waals surface area contributed by atoms with Crippen molar-refractivity contribution in [3.8, 4) is 0 Å². The Hall–Kier alpha value is -2.57. The summed E-state index contributed by atoms with van der Waals surface area (Å²) < 4.78 is 71.6. The van der Waals surface area contributed by atoms with Gasteiger partial charge in [-0.2, -0.15) is 17.5 Å². The highest BCUT2D eigenvalue weighted by Crippen LogP contribution is 2.36.